The summed E-state index contributed by atoms with van der Waals surface area (Å²) in [4.78, 5) is 19.6. The van der Waals surface area contributed by atoms with Crippen molar-refractivity contribution < 1.29 is 4.79 Å². The Morgan fingerprint density at radius 1 is 1.47 bits per heavy atom. The first kappa shape index (κ1) is 13.2. The average molecular weight is 358 g/mol. The Morgan fingerprint density at radius 3 is 2.95 bits per heavy atom. The summed E-state index contributed by atoms with van der Waals surface area (Å²) in [6.07, 6.45) is 0.876. The highest BCUT2D eigenvalue weighted by atomic mass is 79.9. The zero-order valence-corrected chi connectivity index (χ0v) is 13.2. The Hall–Kier alpha value is -0.760. The molecule has 1 amide bonds. The van der Waals surface area contributed by atoms with Gasteiger partial charge in [-0.2, -0.15) is 0 Å². The second-order valence-electron chi connectivity index (χ2n) is 4.47. The van der Waals surface area contributed by atoms with Crippen LogP contribution in [-0.4, -0.2) is 34.9 Å². The van der Waals surface area contributed by atoms with E-state index in [1.165, 1.54) is 11.3 Å². The first-order valence-electron chi connectivity index (χ1n) is 5.88. The normalized spacial score (nSPS) is 19.1. The van der Waals surface area contributed by atoms with E-state index in [0.717, 1.165) is 27.3 Å². The minimum atomic E-state index is -0.00827. The third-order valence-corrected chi connectivity index (χ3v) is 5.72. The molecule has 3 heterocycles. The molecule has 100 valence electrons. The molecule has 1 saturated heterocycles. The predicted molar refractivity (Wildman–Crippen MR) is 81.6 cm³/mol. The fourth-order valence-electron chi connectivity index (χ4n) is 2.04. The van der Waals surface area contributed by atoms with Crippen LogP contribution in [0.15, 0.2) is 21.3 Å². The van der Waals surface area contributed by atoms with Crippen LogP contribution in [0.4, 0.5) is 0 Å². The summed E-state index contributed by atoms with van der Waals surface area (Å²) >= 11 is 6.54. The molecule has 2 N–H and O–H groups in total. The van der Waals surface area contributed by atoms with Gasteiger partial charge in [0.25, 0.3) is 5.91 Å². The van der Waals surface area contributed by atoms with Crippen LogP contribution in [0.1, 0.15) is 16.9 Å². The summed E-state index contributed by atoms with van der Waals surface area (Å²) < 4.78 is 1.04. The van der Waals surface area contributed by atoms with E-state index in [9.17, 15) is 4.79 Å². The van der Waals surface area contributed by atoms with Gasteiger partial charge >= 0.3 is 0 Å². The van der Waals surface area contributed by atoms with Crippen LogP contribution in [0.25, 0.3) is 9.88 Å². The van der Waals surface area contributed by atoms with Gasteiger partial charge in [-0.25, -0.2) is 4.98 Å². The fraction of sp³-hybridized carbons (Fsp3) is 0.333. The number of carbonyl (C=O) groups excluding carboxylic acids is 1. The lowest BCUT2D eigenvalue weighted by atomic mass is 10.3. The number of nitrogens with zero attached hydrogens (tertiary/aromatic N) is 2. The highest BCUT2D eigenvalue weighted by molar-refractivity contribution is 9.10. The number of nitrogens with two attached hydrogens (primary N) is 1. The smallest absolute Gasteiger partial charge is 0.273 e. The standard InChI is InChI=1S/C12H12BrN3OS2/c13-7-3-10(18-5-7)11-15-9(6-19-11)12(17)16-2-1-8(14)4-16/h3,5-6,8H,1-2,4,14H2/t8-/m1/s1. The van der Waals surface area contributed by atoms with Crippen molar-refractivity contribution in [2.45, 2.75) is 12.5 Å². The Morgan fingerprint density at radius 2 is 2.32 bits per heavy atom. The van der Waals surface area contributed by atoms with Gasteiger partial charge in [0.05, 0.1) is 4.88 Å². The molecule has 0 aromatic carbocycles. The second kappa shape index (κ2) is 5.32. The molecule has 19 heavy (non-hydrogen) atoms. The zero-order chi connectivity index (χ0) is 13.4. The number of amides is 1. The maximum atomic E-state index is 12.3. The summed E-state index contributed by atoms with van der Waals surface area (Å²) in [5.41, 5.74) is 6.35. The number of thiazole rings is 1. The van der Waals surface area contributed by atoms with Crippen molar-refractivity contribution in [3.05, 3.63) is 27.0 Å². The van der Waals surface area contributed by atoms with Gasteiger partial charge in [0.15, 0.2) is 0 Å². The highest BCUT2D eigenvalue weighted by Crippen LogP contribution is 2.32. The minimum absolute atomic E-state index is 0.00827. The molecule has 1 aliphatic heterocycles. The van der Waals surface area contributed by atoms with Crippen molar-refractivity contribution in [1.82, 2.24) is 9.88 Å². The van der Waals surface area contributed by atoms with Crippen LogP contribution < -0.4 is 5.73 Å². The average Bonchev–Trinajstić information content (AvgIpc) is 3.07. The Kier molecular flexibility index (Phi) is 3.70. The summed E-state index contributed by atoms with van der Waals surface area (Å²) in [5.74, 6) is -0.00827. The molecule has 2 aromatic rings. The van der Waals surface area contributed by atoms with Crippen LogP contribution in [0.2, 0.25) is 0 Å². The molecule has 0 aliphatic carbocycles. The largest absolute Gasteiger partial charge is 0.336 e. The highest BCUT2D eigenvalue weighted by Gasteiger charge is 2.26. The van der Waals surface area contributed by atoms with Crippen LogP contribution in [0.3, 0.4) is 0 Å². The SMILES string of the molecule is N[C@@H]1CCN(C(=O)c2csc(-c3cc(Br)cs3)n2)C1. The molecule has 3 rings (SSSR count). The monoisotopic (exact) mass is 357 g/mol. The number of hydrogen-bond acceptors (Lipinski definition) is 5. The quantitative estimate of drug-likeness (QED) is 0.898. The molecule has 1 aliphatic rings. The lowest BCUT2D eigenvalue weighted by Crippen LogP contribution is -2.32. The van der Waals surface area contributed by atoms with Crippen molar-refractivity contribution in [1.29, 1.82) is 0 Å². The zero-order valence-electron chi connectivity index (χ0n) is 10.0. The van der Waals surface area contributed by atoms with Gasteiger partial charge in [-0.3, -0.25) is 4.79 Å². The molecule has 0 saturated carbocycles. The Labute approximate surface area is 127 Å². The predicted octanol–water partition coefficient (Wildman–Crippen LogP) is 2.81. The van der Waals surface area contributed by atoms with E-state index >= 15 is 0 Å². The maximum Gasteiger partial charge on any atom is 0.273 e. The number of carbonyl (C=O) groups is 1. The van der Waals surface area contributed by atoms with Gasteiger partial charge < -0.3 is 10.6 Å². The van der Waals surface area contributed by atoms with Gasteiger partial charge in [-0.1, -0.05) is 0 Å². The van der Waals surface area contributed by atoms with Crippen molar-refractivity contribution in [2.24, 2.45) is 5.73 Å². The molecule has 4 nitrogen and oxygen atoms in total. The summed E-state index contributed by atoms with van der Waals surface area (Å²) in [6.45, 7) is 1.37. The van der Waals surface area contributed by atoms with Crippen LogP contribution >= 0.6 is 38.6 Å². The van der Waals surface area contributed by atoms with E-state index in [2.05, 4.69) is 20.9 Å². The maximum absolute atomic E-state index is 12.3. The number of thiophene rings is 1. The Bertz CT molecular complexity index is 610. The van der Waals surface area contributed by atoms with E-state index in [1.54, 1.807) is 16.2 Å². The summed E-state index contributed by atoms with van der Waals surface area (Å²) in [6, 6.07) is 2.12. The second-order valence-corrected chi connectivity index (χ2v) is 7.15. The number of rotatable bonds is 2. The number of halogens is 1. The van der Waals surface area contributed by atoms with Gasteiger partial charge in [0.1, 0.15) is 10.7 Å². The Balaban J connectivity index is 1.79. The fourth-order valence-corrected chi connectivity index (χ4v) is 4.35. The lowest BCUT2D eigenvalue weighted by Gasteiger charge is -2.13. The molecular formula is C12H12BrN3OS2. The van der Waals surface area contributed by atoms with E-state index < -0.39 is 0 Å². The third-order valence-electron chi connectivity index (χ3n) is 3.01. The molecule has 0 radical (unpaired) electrons. The number of likely N-dealkylation sites (tertiary alicyclic amines) is 1. The van der Waals surface area contributed by atoms with Gasteiger partial charge in [-0.15, -0.1) is 22.7 Å². The molecule has 0 spiro atoms. The van der Waals surface area contributed by atoms with E-state index in [0.29, 0.717) is 12.2 Å². The molecule has 7 heteroatoms. The van der Waals surface area contributed by atoms with Gasteiger partial charge in [0, 0.05) is 34.4 Å². The summed E-state index contributed by atoms with van der Waals surface area (Å²) in [5, 5.41) is 4.73. The van der Waals surface area contributed by atoms with E-state index in [4.69, 9.17) is 5.73 Å². The van der Waals surface area contributed by atoms with Gasteiger partial charge in [0.2, 0.25) is 0 Å². The first-order chi connectivity index (χ1) is 9.13. The number of aromatic nitrogens is 1. The van der Waals surface area contributed by atoms with E-state index in [1.807, 2.05) is 16.8 Å². The third kappa shape index (κ3) is 2.74. The lowest BCUT2D eigenvalue weighted by molar-refractivity contribution is 0.0786. The van der Waals surface area contributed by atoms with Crippen LogP contribution in [0.5, 0.6) is 0 Å². The minimum Gasteiger partial charge on any atom is -0.336 e. The first-order valence-corrected chi connectivity index (χ1v) is 8.43. The molecule has 1 fully saturated rings. The molecule has 0 unspecified atom stereocenters. The molecule has 1 atom stereocenters. The van der Waals surface area contributed by atoms with Crippen molar-refractivity contribution in [3.8, 4) is 9.88 Å². The van der Waals surface area contributed by atoms with Gasteiger partial charge in [-0.05, 0) is 28.4 Å². The molecule has 0 bridgehead atoms. The van der Waals surface area contributed by atoms with Crippen LogP contribution in [-0.2, 0) is 0 Å². The molecule has 2 aromatic heterocycles. The van der Waals surface area contributed by atoms with Crippen molar-refractivity contribution in [3.63, 3.8) is 0 Å². The number of hydrogen-bond donors (Lipinski definition) is 1. The summed E-state index contributed by atoms with van der Waals surface area (Å²) in [7, 11) is 0. The van der Waals surface area contributed by atoms with Crippen molar-refractivity contribution in [2.75, 3.05) is 13.1 Å². The van der Waals surface area contributed by atoms with Crippen molar-refractivity contribution >= 4 is 44.5 Å². The molecular weight excluding hydrogens is 346 g/mol. The topological polar surface area (TPSA) is 59.2 Å². The van der Waals surface area contributed by atoms with E-state index in [-0.39, 0.29) is 11.9 Å². The van der Waals surface area contributed by atoms with Crippen LogP contribution in [0, 0.1) is 0 Å².